The summed E-state index contributed by atoms with van der Waals surface area (Å²) in [4.78, 5) is 18.7. The summed E-state index contributed by atoms with van der Waals surface area (Å²) in [5.41, 5.74) is 4.25. The molecule has 0 fully saturated rings. The number of carbonyl (C=O) groups excluding carboxylic acids is 1. The van der Waals surface area contributed by atoms with E-state index in [4.69, 9.17) is 11.6 Å². The van der Waals surface area contributed by atoms with Crippen LogP contribution in [0.15, 0.2) is 72.9 Å². The highest BCUT2D eigenvalue weighted by molar-refractivity contribution is 6.32. The molecule has 1 N–H and O–H groups in total. The molecule has 0 saturated carbocycles. The van der Waals surface area contributed by atoms with Gasteiger partial charge in [0.1, 0.15) is 5.75 Å². The van der Waals surface area contributed by atoms with Crippen molar-refractivity contribution < 1.29 is 18.3 Å². The van der Waals surface area contributed by atoms with Crippen molar-refractivity contribution in [3.8, 4) is 5.75 Å². The van der Waals surface area contributed by atoms with Crippen molar-refractivity contribution in [1.29, 1.82) is 0 Å². The number of nitrogens with one attached hydrogen (secondary N) is 1. The third kappa shape index (κ3) is 6.24. The number of halogens is 3. The van der Waals surface area contributed by atoms with E-state index in [0.717, 1.165) is 22.0 Å². The Kier molecular flexibility index (Phi) is 7.65. The van der Waals surface area contributed by atoms with Crippen molar-refractivity contribution in [2.24, 2.45) is 0 Å². The molecular formula is C29H29ClF2N2O2. The van der Waals surface area contributed by atoms with Gasteiger partial charge in [-0.25, -0.2) is 0 Å². The topological polar surface area (TPSA) is 45.3 Å². The number of H-pyrrole nitrogens is 1. The van der Waals surface area contributed by atoms with Crippen molar-refractivity contribution in [1.82, 2.24) is 9.88 Å². The standard InChI is InChI=1S/C29H29ClF2N2O2/c1-29(2,3)22-9-7-20(8-10-22)18-34(14-12-19-5-4-6-24(15-19)36-28(31)32)27(35)25-17-23(30)16-21-11-13-33-26(21)25/h4-11,13,15-17,28,33H,12,14,18H2,1-3H3. The number of aromatic amines is 1. The molecule has 0 spiro atoms. The van der Waals surface area contributed by atoms with E-state index < -0.39 is 6.61 Å². The number of aromatic nitrogens is 1. The van der Waals surface area contributed by atoms with E-state index in [1.807, 2.05) is 30.3 Å². The number of hydrogen-bond acceptors (Lipinski definition) is 2. The van der Waals surface area contributed by atoms with E-state index in [2.05, 4.69) is 42.6 Å². The Morgan fingerprint density at radius 3 is 2.47 bits per heavy atom. The molecule has 1 aromatic heterocycles. The number of alkyl halides is 2. The maximum atomic E-state index is 13.8. The molecule has 188 valence electrons. The summed E-state index contributed by atoms with van der Waals surface area (Å²) >= 11 is 6.32. The first-order valence-electron chi connectivity index (χ1n) is 11.8. The summed E-state index contributed by atoms with van der Waals surface area (Å²) in [6.07, 6.45) is 2.25. The second-order valence-corrected chi connectivity index (χ2v) is 10.3. The average molecular weight is 511 g/mol. The number of fused-ring (bicyclic) bond motifs is 1. The minimum atomic E-state index is -2.89. The Labute approximate surface area is 214 Å². The molecule has 0 atom stereocenters. The third-order valence-electron chi connectivity index (χ3n) is 6.13. The minimum absolute atomic E-state index is 0.0271. The zero-order chi connectivity index (χ0) is 25.9. The van der Waals surface area contributed by atoms with Gasteiger partial charge in [-0.3, -0.25) is 4.79 Å². The van der Waals surface area contributed by atoms with Crippen LogP contribution in [0.25, 0.3) is 10.9 Å². The van der Waals surface area contributed by atoms with Gasteiger partial charge in [0.25, 0.3) is 5.91 Å². The lowest BCUT2D eigenvalue weighted by molar-refractivity contribution is -0.0498. The highest BCUT2D eigenvalue weighted by Gasteiger charge is 2.21. The van der Waals surface area contributed by atoms with E-state index in [-0.39, 0.29) is 17.1 Å². The molecule has 4 nitrogen and oxygen atoms in total. The third-order valence-corrected chi connectivity index (χ3v) is 6.35. The van der Waals surface area contributed by atoms with Gasteiger partial charge in [0.15, 0.2) is 0 Å². The number of hydrogen-bond donors (Lipinski definition) is 1. The molecule has 0 bridgehead atoms. The van der Waals surface area contributed by atoms with Gasteiger partial charge in [0.2, 0.25) is 0 Å². The highest BCUT2D eigenvalue weighted by atomic mass is 35.5. The number of rotatable bonds is 8. The molecule has 0 aliphatic heterocycles. The van der Waals surface area contributed by atoms with Gasteiger partial charge in [0.05, 0.1) is 11.1 Å². The van der Waals surface area contributed by atoms with E-state index in [1.54, 1.807) is 29.3 Å². The van der Waals surface area contributed by atoms with Crippen molar-refractivity contribution >= 4 is 28.4 Å². The monoisotopic (exact) mass is 510 g/mol. The molecule has 0 radical (unpaired) electrons. The fraction of sp³-hybridized carbons (Fsp3) is 0.276. The predicted octanol–water partition coefficient (Wildman–Crippen LogP) is 7.61. The van der Waals surface area contributed by atoms with E-state index in [0.29, 0.717) is 30.1 Å². The molecule has 0 saturated heterocycles. The van der Waals surface area contributed by atoms with Gasteiger partial charge < -0.3 is 14.6 Å². The molecule has 0 aliphatic rings. The van der Waals surface area contributed by atoms with Gasteiger partial charge >= 0.3 is 6.61 Å². The van der Waals surface area contributed by atoms with Crippen LogP contribution in [-0.4, -0.2) is 28.9 Å². The number of amides is 1. The van der Waals surface area contributed by atoms with Gasteiger partial charge in [0, 0.05) is 29.7 Å². The van der Waals surface area contributed by atoms with Crippen molar-refractivity contribution in [2.75, 3.05) is 6.54 Å². The first kappa shape index (κ1) is 25.7. The Morgan fingerprint density at radius 1 is 1.03 bits per heavy atom. The summed E-state index contributed by atoms with van der Waals surface area (Å²) in [7, 11) is 0. The van der Waals surface area contributed by atoms with Gasteiger partial charge in [-0.05, 0) is 58.9 Å². The lowest BCUT2D eigenvalue weighted by Gasteiger charge is -2.25. The second kappa shape index (κ2) is 10.7. The number of benzene rings is 3. The first-order chi connectivity index (χ1) is 17.1. The fourth-order valence-corrected chi connectivity index (χ4v) is 4.43. The van der Waals surface area contributed by atoms with Crippen LogP contribution >= 0.6 is 11.6 Å². The quantitative estimate of drug-likeness (QED) is 0.265. The molecule has 0 aliphatic carbocycles. The van der Waals surface area contributed by atoms with Crippen LogP contribution in [0.5, 0.6) is 5.75 Å². The van der Waals surface area contributed by atoms with Gasteiger partial charge in [-0.1, -0.05) is 68.8 Å². The number of carbonyl (C=O) groups is 1. The first-order valence-corrected chi connectivity index (χ1v) is 12.2. The normalized spacial score (nSPS) is 11.8. The molecular weight excluding hydrogens is 482 g/mol. The summed E-state index contributed by atoms with van der Waals surface area (Å²) in [6, 6.07) is 20.2. The molecule has 3 aromatic carbocycles. The maximum Gasteiger partial charge on any atom is 0.387 e. The lowest BCUT2D eigenvalue weighted by Crippen LogP contribution is -2.32. The average Bonchev–Trinajstić information content (AvgIpc) is 3.29. The Bertz CT molecular complexity index is 1340. The molecule has 36 heavy (non-hydrogen) atoms. The van der Waals surface area contributed by atoms with Gasteiger partial charge in [-0.15, -0.1) is 0 Å². The van der Waals surface area contributed by atoms with Crippen molar-refractivity contribution in [2.45, 2.75) is 45.8 Å². The summed E-state index contributed by atoms with van der Waals surface area (Å²) in [5, 5.41) is 1.34. The molecule has 0 unspecified atom stereocenters. The van der Waals surface area contributed by atoms with Crippen LogP contribution in [0, 0.1) is 0 Å². The van der Waals surface area contributed by atoms with Crippen LogP contribution in [0.3, 0.4) is 0 Å². The second-order valence-electron chi connectivity index (χ2n) is 9.84. The minimum Gasteiger partial charge on any atom is -0.435 e. The van der Waals surface area contributed by atoms with Crippen LogP contribution in [0.1, 0.15) is 47.8 Å². The van der Waals surface area contributed by atoms with Crippen LogP contribution < -0.4 is 4.74 Å². The summed E-state index contributed by atoms with van der Waals surface area (Å²) in [5.74, 6) is -0.0640. The van der Waals surface area contributed by atoms with Crippen LogP contribution in [-0.2, 0) is 18.4 Å². The molecule has 4 rings (SSSR count). The Morgan fingerprint density at radius 2 is 1.78 bits per heavy atom. The van der Waals surface area contributed by atoms with Crippen molar-refractivity contribution in [3.05, 3.63) is 100 Å². The zero-order valence-electron chi connectivity index (χ0n) is 20.5. The Balaban J connectivity index is 1.62. The molecule has 1 heterocycles. The summed E-state index contributed by atoms with van der Waals surface area (Å²) < 4.78 is 29.8. The highest BCUT2D eigenvalue weighted by Crippen LogP contribution is 2.26. The number of nitrogens with zero attached hydrogens (tertiary/aromatic N) is 1. The number of ether oxygens (including phenoxy) is 1. The van der Waals surface area contributed by atoms with E-state index in [9.17, 15) is 13.6 Å². The van der Waals surface area contributed by atoms with Gasteiger partial charge in [-0.2, -0.15) is 8.78 Å². The van der Waals surface area contributed by atoms with E-state index >= 15 is 0 Å². The SMILES string of the molecule is CC(C)(C)c1ccc(CN(CCc2cccc(OC(F)F)c2)C(=O)c2cc(Cl)cc3cc[nH]c23)cc1. The molecule has 1 amide bonds. The Hall–Kier alpha value is -3.38. The molecule has 4 aromatic rings. The molecule has 7 heteroatoms. The smallest absolute Gasteiger partial charge is 0.387 e. The fourth-order valence-electron chi connectivity index (χ4n) is 4.20. The lowest BCUT2D eigenvalue weighted by atomic mass is 9.87. The largest absolute Gasteiger partial charge is 0.435 e. The van der Waals surface area contributed by atoms with Crippen molar-refractivity contribution in [3.63, 3.8) is 0 Å². The van der Waals surface area contributed by atoms with E-state index in [1.165, 1.54) is 11.6 Å². The van der Waals surface area contributed by atoms with Crippen LogP contribution in [0.2, 0.25) is 5.02 Å². The summed E-state index contributed by atoms with van der Waals surface area (Å²) in [6.45, 7) is 4.36. The maximum absolute atomic E-state index is 13.8. The predicted molar refractivity (Wildman–Crippen MR) is 140 cm³/mol. The zero-order valence-corrected chi connectivity index (χ0v) is 21.3. The van der Waals surface area contributed by atoms with Crippen LogP contribution in [0.4, 0.5) is 8.78 Å².